The van der Waals surface area contributed by atoms with E-state index >= 15 is 0 Å². The van der Waals surface area contributed by atoms with E-state index < -0.39 is 6.16 Å². The van der Waals surface area contributed by atoms with Crippen LogP contribution < -0.4 is 5.32 Å². The van der Waals surface area contributed by atoms with Crippen LogP contribution in [0.15, 0.2) is 0 Å². The third-order valence-corrected chi connectivity index (χ3v) is 1.28. The van der Waals surface area contributed by atoms with Crippen molar-refractivity contribution in [3.63, 3.8) is 0 Å². The molecular formula is C5H9NO3. The third-order valence-electron chi connectivity index (χ3n) is 1.28. The Bertz CT molecular complexity index is 109. The maximum absolute atomic E-state index is 9.91. The number of ether oxygens (including phenoxy) is 1. The molecule has 4 heteroatoms. The highest BCUT2D eigenvalue weighted by Crippen LogP contribution is 2.02. The maximum atomic E-state index is 9.91. The Labute approximate surface area is 52.8 Å². The van der Waals surface area contributed by atoms with E-state index in [1.165, 1.54) is 0 Å². The average Bonchev–Trinajstić information content (AvgIpc) is 2.15. The van der Waals surface area contributed by atoms with Crippen molar-refractivity contribution in [1.82, 2.24) is 5.32 Å². The fourth-order valence-corrected chi connectivity index (χ4v) is 0.871. The highest BCUT2D eigenvalue weighted by molar-refractivity contribution is 5.57. The molecule has 0 aromatic carbocycles. The van der Waals surface area contributed by atoms with Crippen LogP contribution in [0.25, 0.3) is 0 Å². The zero-order valence-corrected chi connectivity index (χ0v) is 4.96. The molecule has 1 aliphatic rings. The molecular weight excluding hydrogens is 122 g/mol. The van der Waals surface area contributed by atoms with Crippen molar-refractivity contribution in [2.75, 3.05) is 13.1 Å². The predicted molar refractivity (Wildman–Crippen MR) is 30.4 cm³/mol. The van der Waals surface area contributed by atoms with Gasteiger partial charge in [-0.2, -0.15) is 0 Å². The second kappa shape index (κ2) is 2.68. The van der Waals surface area contributed by atoms with Crippen LogP contribution in [0, 0.1) is 0 Å². The van der Waals surface area contributed by atoms with Crippen molar-refractivity contribution in [1.29, 1.82) is 0 Å². The van der Waals surface area contributed by atoms with E-state index in [0.29, 0.717) is 6.54 Å². The first kappa shape index (κ1) is 6.35. The van der Waals surface area contributed by atoms with Crippen molar-refractivity contribution < 1.29 is 14.6 Å². The van der Waals surface area contributed by atoms with Crippen LogP contribution in [0.1, 0.15) is 6.42 Å². The monoisotopic (exact) mass is 131 g/mol. The van der Waals surface area contributed by atoms with E-state index in [9.17, 15) is 4.79 Å². The van der Waals surface area contributed by atoms with Gasteiger partial charge >= 0.3 is 6.16 Å². The Morgan fingerprint density at radius 3 is 3.00 bits per heavy atom. The van der Waals surface area contributed by atoms with Crippen molar-refractivity contribution in [2.24, 2.45) is 0 Å². The van der Waals surface area contributed by atoms with Crippen LogP contribution in [0.2, 0.25) is 0 Å². The first-order chi connectivity index (χ1) is 4.29. The fraction of sp³-hybridized carbons (Fsp3) is 0.800. The molecule has 1 rings (SSSR count). The predicted octanol–water partition coefficient (Wildman–Crippen LogP) is 0.0429. The van der Waals surface area contributed by atoms with Gasteiger partial charge in [0, 0.05) is 6.54 Å². The molecule has 52 valence electrons. The Balaban J connectivity index is 2.19. The second-order valence-corrected chi connectivity index (χ2v) is 2.00. The van der Waals surface area contributed by atoms with Crippen molar-refractivity contribution >= 4 is 6.16 Å². The summed E-state index contributed by atoms with van der Waals surface area (Å²) in [6, 6.07) is 0. The molecule has 1 aliphatic heterocycles. The fourth-order valence-electron chi connectivity index (χ4n) is 0.871. The molecule has 0 saturated carbocycles. The molecule has 0 spiro atoms. The lowest BCUT2D eigenvalue weighted by Gasteiger charge is -2.04. The standard InChI is InChI=1S/C5H9NO3/c7-5(8)9-4-1-2-6-3-4/h4,6H,1-3H2,(H,7,8). The normalized spacial score (nSPS) is 26.0. The summed E-state index contributed by atoms with van der Waals surface area (Å²) in [4.78, 5) is 9.91. The van der Waals surface area contributed by atoms with Gasteiger partial charge < -0.3 is 15.2 Å². The summed E-state index contributed by atoms with van der Waals surface area (Å²) >= 11 is 0. The Morgan fingerprint density at radius 1 is 1.78 bits per heavy atom. The van der Waals surface area contributed by atoms with Crippen LogP contribution in [-0.2, 0) is 4.74 Å². The molecule has 9 heavy (non-hydrogen) atoms. The number of carbonyl (C=O) groups is 1. The molecule has 1 saturated heterocycles. The van der Waals surface area contributed by atoms with Crippen LogP contribution >= 0.6 is 0 Å². The summed E-state index contributed by atoms with van der Waals surface area (Å²) in [5.41, 5.74) is 0. The molecule has 0 bridgehead atoms. The summed E-state index contributed by atoms with van der Waals surface area (Å²) in [6.07, 6.45) is -0.502. The zero-order chi connectivity index (χ0) is 6.69. The number of rotatable bonds is 1. The van der Waals surface area contributed by atoms with Crippen molar-refractivity contribution in [2.45, 2.75) is 12.5 Å². The SMILES string of the molecule is O=C(O)OC1CCNC1. The molecule has 0 amide bonds. The van der Waals surface area contributed by atoms with Gasteiger partial charge in [-0.05, 0) is 13.0 Å². The largest absolute Gasteiger partial charge is 0.506 e. The summed E-state index contributed by atoms with van der Waals surface area (Å²) < 4.78 is 4.47. The Kier molecular flexibility index (Phi) is 1.89. The Hall–Kier alpha value is -0.770. The van der Waals surface area contributed by atoms with Gasteiger partial charge in [0.25, 0.3) is 0 Å². The molecule has 0 aromatic rings. The van der Waals surface area contributed by atoms with Crippen molar-refractivity contribution in [3.8, 4) is 0 Å². The molecule has 0 aromatic heterocycles. The minimum Gasteiger partial charge on any atom is -0.450 e. The topological polar surface area (TPSA) is 58.6 Å². The number of hydrogen-bond acceptors (Lipinski definition) is 3. The van der Waals surface area contributed by atoms with Gasteiger partial charge in [0.2, 0.25) is 0 Å². The molecule has 1 unspecified atom stereocenters. The maximum Gasteiger partial charge on any atom is 0.506 e. The number of hydrogen-bond donors (Lipinski definition) is 2. The smallest absolute Gasteiger partial charge is 0.450 e. The first-order valence-electron chi connectivity index (χ1n) is 2.89. The molecule has 0 radical (unpaired) electrons. The van der Waals surface area contributed by atoms with Gasteiger partial charge in [-0.15, -0.1) is 0 Å². The van der Waals surface area contributed by atoms with E-state index in [-0.39, 0.29) is 6.10 Å². The van der Waals surface area contributed by atoms with Crippen molar-refractivity contribution in [3.05, 3.63) is 0 Å². The van der Waals surface area contributed by atoms with E-state index in [1.54, 1.807) is 0 Å². The molecule has 0 aliphatic carbocycles. The molecule has 1 heterocycles. The van der Waals surface area contributed by atoms with Gasteiger partial charge in [-0.25, -0.2) is 4.79 Å². The minimum absolute atomic E-state index is 0.123. The molecule has 1 fully saturated rings. The number of nitrogens with one attached hydrogen (secondary N) is 1. The van der Waals surface area contributed by atoms with Gasteiger partial charge in [-0.3, -0.25) is 0 Å². The third kappa shape index (κ3) is 1.89. The van der Waals surface area contributed by atoms with Crippen LogP contribution in [0.5, 0.6) is 0 Å². The summed E-state index contributed by atoms with van der Waals surface area (Å²) in [7, 11) is 0. The first-order valence-corrected chi connectivity index (χ1v) is 2.89. The zero-order valence-electron chi connectivity index (χ0n) is 4.96. The lowest BCUT2D eigenvalue weighted by atomic mass is 10.3. The lowest BCUT2D eigenvalue weighted by Crippen LogP contribution is -2.19. The highest BCUT2D eigenvalue weighted by atomic mass is 16.7. The van der Waals surface area contributed by atoms with Crippen LogP contribution in [0.4, 0.5) is 4.79 Å². The molecule has 2 N–H and O–H groups in total. The van der Waals surface area contributed by atoms with Gasteiger partial charge in [0.1, 0.15) is 6.10 Å². The van der Waals surface area contributed by atoms with E-state index in [4.69, 9.17) is 5.11 Å². The second-order valence-electron chi connectivity index (χ2n) is 2.00. The number of carboxylic acid groups (broad SMARTS) is 1. The molecule has 4 nitrogen and oxygen atoms in total. The Morgan fingerprint density at radius 2 is 2.56 bits per heavy atom. The van der Waals surface area contributed by atoms with E-state index in [0.717, 1.165) is 13.0 Å². The summed E-state index contributed by atoms with van der Waals surface area (Å²) in [5.74, 6) is 0. The van der Waals surface area contributed by atoms with Crippen LogP contribution in [0.3, 0.4) is 0 Å². The van der Waals surface area contributed by atoms with E-state index in [2.05, 4.69) is 10.1 Å². The quantitative estimate of drug-likeness (QED) is 0.493. The summed E-state index contributed by atoms with van der Waals surface area (Å²) in [5, 5.41) is 11.1. The lowest BCUT2D eigenvalue weighted by molar-refractivity contribution is 0.0596. The van der Waals surface area contributed by atoms with Gasteiger partial charge in [0.15, 0.2) is 0 Å². The minimum atomic E-state index is -1.18. The molecule has 1 atom stereocenters. The van der Waals surface area contributed by atoms with Gasteiger partial charge in [-0.1, -0.05) is 0 Å². The highest BCUT2D eigenvalue weighted by Gasteiger charge is 2.17. The van der Waals surface area contributed by atoms with E-state index in [1.807, 2.05) is 0 Å². The van der Waals surface area contributed by atoms with Crippen LogP contribution in [-0.4, -0.2) is 30.5 Å². The van der Waals surface area contributed by atoms with Gasteiger partial charge in [0.05, 0.1) is 0 Å². The summed E-state index contributed by atoms with van der Waals surface area (Å²) in [6.45, 7) is 1.52. The average molecular weight is 131 g/mol.